The van der Waals surface area contributed by atoms with Gasteiger partial charge in [0.1, 0.15) is 0 Å². The van der Waals surface area contributed by atoms with Crippen molar-refractivity contribution in [1.82, 2.24) is 5.32 Å². The van der Waals surface area contributed by atoms with Crippen molar-refractivity contribution in [3.63, 3.8) is 0 Å². The van der Waals surface area contributed by atoms with E-state index >= 15 is 0 Å². The maximum absolute atomic E-state index is 11.0. The van der Waals surface area contributed by atoms with Crippen molar-refractivity contribution >= 4 is 5.97 Å². The Bertz CT molecular complexity index is 354. The topological polar surface area (TPSA) is 67.8 Å². The molecule has 3 rings (SSSR count). The Morgan fingerprint density at radius 1 is 1.00 bits per heavy atom. The molecule has 120 valence electrons. The summed E-state index contributed by atoms with van der Waals surface area (Å²) in [7, 11) is 0. The highest BCUT2D eigenvalue weighted by Crippen LogP contribution is 2.35. The number of nitrogens with one attached hydrogen (secondary N) is 1. The number of carboxylic acid groups (broad SMARTS) is 1. The van der Waals surface area contributed by atoms with E-state index in [1.54, 1.807) is 0 Å². The SMILES string of the molecule is O=C(O)C1CCC(NC2CCOC3(CCOCC3)C2)CC1. The molecule has 0 aromatic carbocycles. The third-order valence-electron chi connectivity index (χ3n) is 5.44. The summed E-state index contributed by atoms with van der Waals surface area (Å²) in [6.07, 6.45) is 7.78. The van der Waals surface area contributed by atoms with Crippen LogP contribution in [-0.2, 0) is 14.3 Å². The number of hydrogen-bond acceptors (Lipinski definition) is 4. The van der Waals surface area contributed by atoms with Gasteiger partial charge in [0.05, 0.1) is 11.5 Å². The lowest BCUT2D eigenvalue weighted by atomic mass is 9.82. The van der Waals surface area contributed by atoms with E-state index in [4.69, 9.17) is 14.6 Å². The Kier molecular flexibility index (Phi) is 4.82. The number of hydrogen-bond donors (Lipinski definition) is 2. The van der Waals surface area contributed by atoms with Gasteiger partial charge in [0, 0.05) is 31.9 Å². The van der Waals surface area contributed by atoms with Gasteiger partial charge in [0.25, 0.3) is 0 Å². The minimum Gasteiger partial charge on any atom is -0.481 e. The fraction of sp³-hybridized carbons (Fsp3) is 0.938. The molecule has 0 bridgehead atoms. The van der Waals surface area contributed by atoms with Crippen molar-refractivity contribution in [3.8, 4) is 0 Å². The standard InChI is InChI=1S/C16H27NO4/c18-15(19)12-1-3-13(4-2-12)17-14-5-8-21-16(11-14)6-9-20-10-7-16/h12-14,17H,1-11H2,(H,18,19). The highest BCUT2D eigenvalue weighted by molar-refractivity contribution is 5.70. The largest absolute Gasteiger partial charge is 0.481 e. The van der Waals surface area contributed by atoms with Gasteiger partial charge in [0.2, 0.25) is 0 Å². The van der Waals surface area contributed by atoms with E-state index in [0.29, 0.717) is 12.1 Å². The lowest BCUT2D eigenvalue weighted by Crippen LogP contribution is -2.52. The monoisotopic (exact) mass is 297 g/mol. The zero-order valence-corrected chi connectivity index (χ0v) is 12.7. The molecule has 1 unspecified atom stereocenters. The first-order valence-electron chi connectivity index (χ1n) is 8.37. The summed E-state index contributed by atoms with van der Waals surface area (Å²) in [5.74, 6) is -0.750. The molecule has 2 saturated heterocycles. The van der Waals surface area contributed by atoms with Crippen LogP contribution in [0.25, 0.3) is 0 Å². The molecule has 2 N–H and O–H groups in total. The minimum absolute atomic E-state index is 0.0342. The number of rotatable bonds is 3. The van der Waals surface area contributed by atoms with Crippen LogP contribution in [0, 0.1) is 5.92 Å². The molecule has 1 aliphatic carbocycles. The first-order valence-corrected chi connectivity index (χ1v) is 8.37. The highest BCUT2D eigenvalue weighted by atomic mass is 16.5. The summed E-state index contributed by atoms with van der Waals surface area (Å²) in [6, 6.07) is 1.00. The van der Waals surface area contributed by atoms with Crippen molar-refractivity contribution in [2.24, 2.45) is 5.92 Å². The van der Waals surface area contributed by atoms with Crippen LogP contribution < -0.4 is 5.32 Å². The van der Waals surface area contributed by atoms with Gasteiger partial charge in [-0.3, -0.25) is 4.79 Å². The average Bonchev–Trinajstić information content (AvgIpc) is 2.49. The van der Waals surface area contributed by atoms with Crippen molar-refractivity contribution < 1.29 is 19.4 Å². The Labute approximate surface area is 126 Å². The molecule has 1 saturated carbocycles. The van der Waals surface area contributed by atoms with Gasteiger partial charge in [-0.05, 0) is 51.4 Å². The number of carbonyl (C=O) groups is 1. The molecular formula is C16H27NO4. The molecule has 5 nitrogen and oxygen atoms in total. The molecule has 3 fully saturated rings. The first-order chi connectivity index (χ1) is 10.2. The van der Waals surface area contributed by atoms with E-state index in [0.717, 1.165) is 71.2 Å². The molecule has 0 aromatic heterocycles. The maximum Gasteiger partial charge on any atom is 0.306 e. The van der Waals surface area contributed by atoms with E-state index in [1.165, 1.54) is 0 Å². The number of aliphatic carboxylic acids is 1. The molecule has 21 heavy (non-hydrogen) atoms. The van der Waals surface area contributed by atoms with Gasteiger partial charge in [-0.15, -0.1) is 0 Å². The molecule has 1 spiro atoms. The van der Waals surface area contributed by atoms with Crippen LogP contribution in [0.3, 0.4) is 0 Å². The summed E-state index contributed by atoms with van der Waals surface area (Å²) in [4.78, 5) is 11.0. The highest BCUT2D eigenvalue weighted by Gasteiger charge is 2.39. The number of ether oxygens (including phenoxy) is 2. The minimum atomic E-state index is -0.624. The third-order valence-corrected chi connectivity index (χ3v) is 5.44. The van der Waals surface area contributed by atoms with Crippen molar-refractivity contribution in [2.75, 3.05) is 19.8 Å². The Morgan fingerprint density at radius 3 is 2.38 bits per heavy atom. The van der Waals surface area contributed by atoms with Crippen molar-refractivity contribution in [2.45, 2.75) is 69.1 Å². The smallest absolute Gasteiger partial charge is 0.306 e. The van der Waals surface area contributed by atoms with Crippen molar-refractivity contribution in [1.29, 1.82) is 0 Å². The van der Waals surface area contributed by atoms with Crippen LogP contribution in [0.2, 0.25) is 0 Å². The zero-order valence-electron chi connectivity index (χ0n) is 12.7. The second-order valence-corrected chi connectivity index (χ2v) is 6.89. The Balaban J connectivity index is 1.48. The molecule has 0 radical (unpaired) electrons. The van der Waals surface area contributed by atoms with E-state index in [1.807, 2.05) is 0 Å². The summed E-state index contributed by atoms with van der Waals surface area (Å²) in [6.45, 7) is 2.47. The molecular weight excluding hydrogens is 270 g/mol. The summed E-state index contributed by atoms with van der Waals surface area (Å²) >= 11 is 0. The molecule has 1 atom stereocenters. The molecule has 3 aliphatic rings. The number of carboxylic acids is 1. The Hall–Kier alpha value is -0.650. The summed E-state index contributed by atoms with van der Waals surface area (Å²) < 4.78 is 11.5. The first kappa shape index (κ1) is 15.3. The predicted molar refractivity (Wildman–Crippen MR) is 78.3 cm³/mol. The van der Waals surface area contributed by atoms with E-state index in [9.17, 15) is 4.79 Å². The van der Waals surface area contributed by atoms with E-state index in [-0.39, 0.29) is 11.5 Å². The van der Waals surface area contributed by atoms with Gasteiger partial charge in [-0.2, -0.15) is 0 Å². The second-order valence-electron chi connectivity index (χ2n) is 6.89. The summed E-state index contributed by atoms with van der Waals surface area (Å²) in [5.41, 5.74) is 0.0342. The normalized spacial score (nSPS) is 36.5. The van der Waals surface area contributed by atoms with Gasteiger partial charge >= 0.3 is 5.97 Å². The maximum atomic E-state index is 11.0. The quantitative estimate of drug-likeness (QED) is 0.833. The second kappa shape index (κ2) is 6.63. The fourth-order valence-electron chi connectivity index (χ4n) is 4.10. The van der Waals surface area contributed by atoms with E-state index in [2.05, 4.69) is 5.32 Å². The molecule has 5 heteroatoms. The molecule has 2 heterocycles. The van der Waals surface area contributed by atoms with Gasteiger partial charge in [0.15, 0.2) is 0 Å². The molecule has 2 aliphatic heterocycles. The van der Waals surface area contributed by atoms with E-state index < -0.39 is 5.97 Å². The average molecular weight is 297 g/mol. The Morgan fingerprint density at radius 2 is 1.71 bits per heavy atom. The van der Waals surface area contributed by atoms with Crippen LogP contribution >= 0.6 is 0 Å². The van der Waals surface area contributed by atoms with Crippen molar-refractivity contribution in [3.05, 3.63) is 0 Å². The molecule has 0 aromatic rings. The molecule has 0 amide bonds. The van der Waals surface area contributed by atoms with Crippen LogP contribution in [0.15, 0.2) is 0 Å². The summed E-state index contributed by atoms with van der Waals surface area (Å²) in [5, 5.41) is 12.8. The van der Waals surface area contributed by atoms with Crippen LogP contribution in [0.5, 0.6) is 0 Å². The fourth-order valence-corrected chi connectivity index (χ4v) is 4.10. The van der Waals surface area contributed by atoms with Crippen LogP contribution in [0.1, 0.15) is 51.4 Å². The van der Waals surface area contributed by atoms with Crippen LogP contribution in [0.4, 0.5) is 0 Å². The lowest BCUT2D eigenvalue weighted by Gasteiger charge is -2.44. The lowest BCUT2D eigenvalue weighted by molar-refractivity contribution is -0.143. The third kappa shape index (κ3) is 3.76. The van der Waals surface area contributed by atoms with Gasteiger partial charge in [-0.1, -0.05) is 0 Å². The van der Waals surface area contributed by atoms with Crippen LogP contribution in [-0.4, -0.2) is 48.6 Å². The van der Waals surface area contributed by atoms with Gasteiger partial charge < -0.3 is 19.9 Å². The van der Waals surface area contributed by atoms with Gasteiger partial charge in [-0.25, -0.2) is 0 Å². The predicted octanol–water partition coefficient (Wildman–Crippen LogP) is 1.95. The zero-order chi connectivity index (χ0) is 14.7.